The molecule has 0 spiro atoms. The van der Waals surface area contributed by atoms with Gasteiger partial charge in [-0.1, -0.05) is 29.8 Å². The summed E-state index contributed by atoms with van der Waals surface area (Å²) in [4.78, 5) is 4.60. The van der Waals surface area contributed by atoms with E-state index in [1.807, 2.05) is 18.2 Å². The van der Waals surface area contributed by atoms with Crippen molar-refractivity contribution in [2.45, 2.75) is 19.9 Å². The Morgan fingerprint density at radius 1 is 1.47 bits per heavy atom. The Kier molecular flexibility index (Phi) is 3.72. The maximum Gasteiger partial charge on any atom is 0.220 e. The molecular formula is C13H16BrNO2. The second kappa shape index (κ2) is 5.08. The summed E-state index contributed by atoms with van der Waals surface area (Å²) in [6, 6.07) is 6.07. The molecule has 2 rings (SSSR count). The van der Waals surface area contributed by atoms with Crippen molar-refractivity contribution in [2.24, 2.45) is 10.9 Å². The Bertz CT molecular complexity index is 443. The molecule has 1 aromatic rings. The maximum absolute atomic E-state index is 5.66. The number of rotatable bonds is 3. The van der Waals surface area contributed by atoms with E-state index in [1.165, 1.54) is 0 Å². The van der Waals surface area contributed by atoms with Crippen molar-refractivity contribution in [1.82, 2.24) is 0 Å². The van der Waals surface area contributed by atoms with Crippen molar-refractivity contribution in [3.05, 3.63) is 28.2 Å². The molecule has 3 nitrogen and oxygen atoms in total. The number of methoxy groups -OCH3 is 1. The first-order valence-corrected chi connectivity index (χ1v) is 6.45. The van der Waals surface area contributed by atoms with Gasteiger partial charge in [-0.15, -0.1) is 0 Å². The second-order valence-corrected chi connectivity index (χ2v) is 5.32. The Labute approximate surface area is 110 Å². The van der Waals surface area contributed by atoms with Crippen molar-refractivity contribution in [2.75, 3.05) is 13.7 Å². The lowest BCUT2D eigenvalue weighted by Crippen LogP contribution is -2.13. The molecule has 92 valence electrons. The van der Waals surface area contributed by atoms with Crippen molar-refractivity contribution in [1.29, 1.82) is 0 Å². The third kappa shape index (κ3) is 2.63. The van der Waals surface area contributed by atoms with E-state index in [0.29, 0.717) is 18.4 Å². The van der Waals surface area contributed by atoms with Crippen LogP contribution in [0, 0.1) is 5.92 Å². The maximum atomic E-state index is 5.66. The van der Waals surface area contributed by atoms with E-state index in [2.05, 4.69) is 34.8 Å². The monoisotopic (exact) mass is 297 g/mol. The molecule has 0 bridgehead atoms. The average Bonchev–Trinajstić information content (AvgIpc) is 2.78. The lowest BCUT2D eigenvalue weighted by Gasteiger charge is -2.08. The minimum Gasteiger partial charge on any atom is -0.496 e. The Hall–Kier alpha value is -1.03. The first-order valence-electron chi connectivity index (χ1n) is 5.66. The topological polar surface area (TPSA) is 30.8 Å². The molecule has 0 radical (unpaired) electrons. The van der Waals surface area contributed by atoms with E-state index < -0.39 is 0 Å². The minimum absolute atomic E-state index is 0.244. The van der Waals surface area contributed by atoms with Crippen LogP contribution in [0.4, 0.5) is 0 Å². The summed E-state index contributed by atoms with van der Waals surface area (Å²) < 4.78 is 12.0. The number of hydrogen-bond acceptors (Lipinski definition) is 3. The number of nitrogens with zero attached hydrogens (tertiary/aromatic N) is 1. The fraction of sp³-hybridized carbons (Fsp3) is 0.462. The molecule has 1 heterocycles. The minimum atomic E-state index is 0.244. The van der Waals surface area contributed by atoms with E-state index in [1.54, 1.807) is 7.11 Å². The van der Waals surface area contributed by atoms with Crippen molar-refractivity contribution in [3.63, 3.8) is 0 Å². The normalized spacial score (nSPS) is 19.1. The van der Waals surface area contributed by atoms with Gasteiger partial charge in [-0.2, -0.15) is 0 Å². The molecule has 0 saturated carbocycles. The van der Waals surface area contributed by atoms with E-state index >= 15 is 0 Å². The fourth-order valence-corrected chi connectivity index (χ4v) is 2.09. The molecular weight excluding hydrogens is 282 g/mol. The molecule has 0 aromatic heterocycles. The summed E-state index contributed by atoms with van der Waals surface area (Å²) in [5, 5.41) is 0. The first-order chi connectivity index (χ1) is 8.11. The van der Waals surface area contributed by atoms with E-state index in [9.17, 15) is 0 Å². The summed E-state index contributed by atoms with van der Waals surface area (Å²) in [5.41, 5.74) is 0.907. The van der Waals surface area contributed by atoms with Crippen LogP contribution in [-0.2, 0) is 4.74 Å². The van der Waals surface area contributed by atoms with Crippen molar-refractivity contribution < 1.29 is 9.47 Å². The summed E-state index contributed by atoms with van der Waals surface area (Å²) in [7, 11) is 1.65. The molecule has 0 aliphatic carbocycles. The molecule has 0 amide bonds. The molecule has 17 heavy (non-hydrogen) atoms. The molecule has 0 saturated heterocycles. The van der Waals surface area contributed by atoms with Gasteiger partial charge in [0.1, 0.15) is 12.4 Å². The van der Waals surface area contributed by atoms with Gasteiger partial charge in [0.15, 0.2) is 0 Å². The number of halogens is 1. The number of ether oxygens (including phenoxy) is 2. The van der Waals surface area contributed by atoms with Crippen LogP contribution in [0.25, 0.3) is 0 Å². The second-order valence-electron chi connectivity index (χ2n) is 4.40. The summed E-state index contributed by atoms with van der Waals surface area (Å²) >= 11 is 3.45. The summed E-state index contributed by atoms with van der Waals surface area (Å²) in [6.07, 6.45) is 0. The predicted octanol–water partition coefficient (Wildman–Crippen LogP) is 3.26. The zero-order chi connectivity index (χ0) is 12.4. The Morgan fingerprint density at radius 3 is 2.82 bits per heavy atom. The van der Waals surface area contributed by atoms with Crippen LogP contribution in [0.5, 0.6) is 5.75 Å². The summed E-state index contributed by atoms with van der Waals surface area (Å²) in [5.74, 6) is 1.96. The van der Waals surface area contributed by atoms with Crippen LogP contribution >= 0.6 is 15.9 Å². The molecule has 4 heteroatoms. The quantitative estimate of drug-likeness (QED) is 0.857. The highest BCUT2D eigenvalue weighted by Gasteiger charge is 2.24. The molecule has 1 aliphatic heterocycles. The van der Waals surface area contributed by atoms with Gasteiger partial charge in [-0.05, 0) is 24.1 Å². The average molecular weight is 298 g/mol. The SMILES string of the molecule is COc1ccc(Br)cc1C1=N[C@H](C(C)C)CO1. The molecule has 0 fully saturated rings. The van der Waals surface area contributed by atoms with Crippen LogP contribution in [0.15, 0.2) is 27.7 Å². The third-order valence-corrected chi connectivity index (χ3v) is 3.33. The van der Waals surface area contributed by atoms with Crippen LogP contribution in [0.1, 0.15) is 19.4 Å². The molecule has 1 aliphatic rings. The van der Waals surface area contributed by atoms with Gasteiger partial charge < -0.3 is 9.47 Å². The standard InChI is InChI=1S/C13H16BrNO2/c1-8(2)11-7-17-13(15-11)10-6-9(14)4-5-12(10)16-3/h4-6,8,11H,7H2,1-3H3/t11-/m0/s1. The highest BCUT2D eigenvalue weighted by Crippen LogP contribution is 2.27. The van der Waals surface area contributed by atoms with Crippen LogP contribution in [0.2, 0.25) is 0 Å². The lowest BCUT2D eigenvalue weighted by molar-refractivity contribution is 0.291. The van der Waals surface area contributed by atoms with E-state index in [-0.39, 0.29) is 6.04 Å². The summed E-state index contributed by atoms with van der Waals surface area (Å²) in [6.45, 7) is 4.96. The molecule has 1 atom stereocenters. The van der Waals surface area contributed by atoms with E-state index in [0.717, 1.165) is 15.8 Å². The van der Waals surface area contributed by atoms with Gasteiger partial charge in [-0.25, -0.2) is 4.99 Å². The van der Waals surface area contributed by atoms with Crippen molar-refractivity contribution in [3.8, 4) is 5.75 Å². The van der Waals surface area contributed by atoms with Crippen molar-refractivity contribution >= 4 is 21.8 Å². The zero-order valence-electron chi connectivity index (χ0n) is 10.2. The number of aliphatic imine (C=N–C) groups is 1. The molecule has 0 N–H and O–H groups in total. The van der Waals surface area contributed by atoms with Gasteiger partial charge in [0, 0.05) is 4.47 Å². The first kappa shape index (κ1) is 12.4. The Balaban J connectivity index is 2.34. The van der Waals surface area contributed by atoms with Gasteiger partial charge >= 0.3 is 0 Å². The molecule has 0 unspecified atom stereocenters. The zero-order valence-corrected chi connectivity index (χ0v) is 11.8. The highest BCUT2D eigenvalue weighted by atomic mass is 79.9. The fourth-order valence-electron chi connectivity index (χ4n) is 1.73. The van der Waals surface area contributed by atoms with Crippen LogP contribution in [0.3, 0.4) is 0 Å². The molecule has 1 aromatic carbocycles. The third-order valence-electron chi connectivity index (χ3n) is 2.84. The van der Waals surface area contributed by atoms with E-state index in [4.69, 9.17) is 9.47 Å². The highest BCUT2D eigenvalue weighted by molar-refractivity contribution is 9.10. The predicted molar refractivity (Wildman–Crippen MR) is 71.8 cm³/mol. The van der Waals surface area contributed by atoms with Gasteiger partial charge in [-0.3, -0.25) is 0 Å². The number of hydrogen-bond donors (Lipinski definition) is 0. The smallest absolute Gasteiger partial charge is 0.220 e. The Morgan fingerprint density at radius 2 is 2.24 bits per heavy atom. The number of benzene rings is 1. The van der Waals surface area contributed by atoms with Gasteiger partial charge in [0.25, 0.3) is 0 Å². The van der Waals surface area contributed by atoms with Crippen LogP contribution in [-0.4, -0.2) is 25.7 Å². The largest absolute Gasteiger partial charge is 0.496 e. The van der Waals surface area contributed by atoms with Gasteiger partial charge in [0.05, 0.1) is 18.7 Å². The van der Waals surface area contributed by atoms with Crippen LogP contribution < -0.4 is 4.74 Å². The van der Waals surface area contributed by atoms with Gasteiger partial charge in [0.2, 0.25) is 5.90 Å². The lowest BCUT2D eigenvalue weighted by atomic mass is 10.1.